The highest BCUT2D eigenvalue weighted by atomic mass is 79.9. The molecule has 44 heavy (non-hydrogen) atoms. The molecule has 0 saturated carbocycles. The van der Waals surface area contributed by atoms with Crippen molar-refractivity contribution in [2.45, 2.75) is 21.9 Å². The number of aromatic nitrogens is 3. The number of thioether (sulfide) groups is 2. The molecule has 1 saturated heterocycles. The first-order chi connectivity index (χ1) is 21.4. The molecular formula is C29H23BrN6O4S4. The van der Waals surface area contributed by atoms with Crippen LogP contribution in [-0.2, 0) is 19.1 Å². The monoisotopic (exact) mass is 726 g/mol. The fraction of sp³-hybridized carbons (Fsp3) is 0.172. The molecule has 2 aliphatic rings. The van der Waals surface area contributed by atoms with Crippen LogP contribution in [0.3, 0.4) is 0 Å². The Morgan fingerprint density at radius 3 is 2.43 bits per heavy atom. The maximum absolute atomic E-state index is 14.1. The number of nitrogen functional groups attached to an aromatic ring is 1. The minimum Gasteiger partial charge on any atom is -0.448 e. The number of carbonyl (C=O) groups excluding carboxylic acids is 3. The van der Waals surface area contributed by atoms with Crippen LogP contribution in [0, 0.1) is 0 Å². The lowest BCUT2D eigenvalue weighted by atomic mass is 10.0. The van der Waals surface area contributed by atoms with Gasteiger partial charge in [0.05, 0.1) is 11.3 Å². The minimum atomic E-state index is -0.842. The van der Waals surface area contributed by atoms with Gasteiger partial charge in [-0.05, 0) is 21.7 Å². The highest BCUT2D eigenvalue weighted by molar-refractivity contribution is 9.11. The third kappa shape index (κ3) is 6.33. The summed E-state index contributed by atoms with van der Waals surface area (Å²) in [5, 5.41) is 12.3. The van der Waals surface area contributed by atoms with E-state index < -0.39 is 35.3 Å². The van der Waals surface area contributed by atoms with Crippen LogP contribution in [0.4, 0.5) is 5.13 Å². The summed E-state index contributed by atoms with van der Waals surface area (Å²) in [5.41, 5.74) is 10.6. The fourth-order valence-electron chi connectivity index (χ4n) is 4.76. The predicted octanol–water partition coefficient (Wildman–Crippen LogP) is 5.09. The van der Waals surface area contributed by atoms with Crippen LogP contribution in [0.2, 0.25) is 0 Å². The first kappa shape index (κ1) is 30.5. The van der Waals surface area contributed by atoms with Crippen LogP contribution in [0.25, 0.3) is 5.57 Å². The van der Waals surface area contributed by atoms with Gasteiger partial charge in [-0.1, -0.05) is 99.7 Å². The number of hydrogen-bond donors (Lipinski definition) is 2. The van der Waals surface area contributed by atoms with Gasteiger partial charge in [-0.2, -0.15) is 0 Å². The Morgan fingerprint density at radius 1 is 1.14 bits per heavy atom. The number of fused-ring (bicyclic) bond motifs is 1. The zero-order valence-corrected chi connectivity index (χ0v) is 27.5. The van der Waals surface area contributed by atoms with E-state index in [1.807, 2.05) is 60.7 Å². The Labute approximate surface area is 277 Å². The van der Waals surface area contributed by atoms with E-state index in [1.165, 1.54) is 56.1 Å². The number of ether oxygens (including phenoxy) is 1. The fourth-order valence-corrected chi connectivity index (χ4v) is 8.74. The first-order valence-electron chi connectivity index (χ1n) is 13.1. The lowest BCUT2D eigenvalue weighted by Crippen LogP contribution is -2.70. The number of anilines is 1. The Balaban J connectivity index is 1.28. The average molecular weight is 728 g/mol. The summed E-state index contributed by atoms with van der Waals surface area (Å²) in [5.74, 6) is -0.614. The highest BCUT2D eigenvalue weighted by Crippen LogP contribution is 2.43. The molecule has 6 rings (SSSR count). The van der Waals surface area contributed by atoms with Gasteiger partial charge in [0.1, 0.15) is 22.6 Å². The van der Waals surface area contributed by atoms with Crippen molar-refractivity contribution in [3.05, 3.63) is 105 Å². The summed E-state index contributed by atoms with van der Waals surface area (Å²) in [6.07, 6.45) is -0.688. The Kier molecular flexibility index (Phi) is 9.47. The second kappa shape index (κ2) is 13.6. The summed E-state index contributed by atoms with van der Waals surface area (Å²) >= 11 is 8.76. The third-order valence-electron chi connectivity index (χ3n) is 6.82. The number of amides is 2. The van der Waals surface area contributed by atoms with Crippen molar-refractivity contribution in [2.75, 3.05) is 17.2 Å². The minimum absolute atomic E-state index is 0.196. The molecule has 4 aromatic rings. The molecule has 4 heterocycles. The van der Waals surface area contributed by atoms with Crippen LogP contribution in [0.15, 0.2) is 92.1 Å². The molecule has 0 bridgehead atoms. The number of benzene rings is 2. The van der Waals surface area contributed by atoms with Crippen molar-refractivity contribution in [3.8, 4) is 0 Å². The van der Waals surface area contributed by atoms with Gasteiger partial charge in [-0.25, -0.2) is 9.78 Å². The van der Waals surface area contributed by atoms with Crippen LogP contribution >= 0.6 is 62.1 Å². The Bertz CT molecular complexity index is 1690. The molecule has 2 aliphatic heterocycles. The number of rotatable bonds is 10. The number of carbonyl (C=O) groups is 3. The number of nitrogens with one attached hydrogen (secondary N) is 1. The van der Waals surface area contributed by atoms with Gasteiger partial charge in [-0.15, -0.1) is 33.3 Å². The molecule has 0 aliphatic carbocycles. The van der Waals surface area contributed by atoms with Crippen molar-refractivity contribution < 1.29 is 19.1 Å². The summed E-state index contributed by atoms with van der Waals surface area (Å²) in [4.78, 5) is 48.0. The van der Waals surface area contributed by atoms with Crippen LogP contribution in [-0.4, -0.2) is 60.8 Å². The van der Waals surface area contributed by atoms with Crippen molar-refractivity contribution in [2.24, 2.45) is 0 Å². The molecule has 15 heteroatoms. The molecule has 2 aromatic heterocycles. The van der Waals surface area contributed by atoms with Crippen LogP contribution in [0.1, 0.15) is 22.9 Å². The topological polar surface area (TPSA) is 140 Å². The summed E-state index contributed by atoms with van der Waals surface area (Å²) in [6.45, 7) is 0. The van der Waals surface area contributed by atoms with Crippen LogP contribution < -0.4 is 11.1 Å². The van der Waals surface area contributed by atoms with Crippen molar-refractivity contribution in [1.29, 1.82) is 0 Å². The number of hydrogen-bond acceptors (Lipinski definition) is 12. The smallest absolute Gasteiger partial charge is 0.356 e. The first-order valence-corrected chi connectivity index (χ1v) is 17.8. The largest absolute Gasteiger partial charge is 0.448 e. The number of β-lactam (4-membered cyclic amide) rings is 1. The summed E-state index contributed by atoms with van der Waals surface area (Å²) < 4.78 is 6.96. The van der Waals surface area contributed by atoms with E-state index in [0.717, 1.165) is 21.0 Å². The molecule has 1 unspecified atom stereocenters. The van der Waals surface area contributed by atoms with Crippen molar-refractivity contribution in [3.63, 3.8) is 0 Å². The van der Waals surface area contributed by atoms with Gasteiger partial charge in [0, 0.05) is 16.9 Å². The molecule has 2 amide bonds. The maximum atomic E-state index is 14.1. The standard InChI is InChI=1S/C29H23BrN6O4S4/c30-11-19(20-14-42-28(31)33-20)24(37)34-21-25(38)36-22(18(12-41-26(21)36)13-43-29-35-32-15-44-29)27(39)40-23(16-7-3-1-4-8-16)17-9-5-2-6-10-17/h1-11,14-15,21,23,26H,12-13H2,(H2,31,33)(H,34,37)/b19-11+/t21?,26-/m1/s1. The quantitative estimate of drug-likeness (QED) is 0.0983. The molecule has 10 nitrogen and oxygen atoms in total. The lowest BCUT2D eigenvalue weighted by Gasteiger charge is -2.49. The molecule has 0 spiro atoms. The number of thiazole rings is 1. The van der Waals surface area contributed by atoms with E-state index >= 15 is 0 Å². The van der Waals surface area contributed by atoms with Gasteiger partial charge in [0.25, 0.3) is 11.8 Å². The Hall–Kier alpha value is -3.50. The van der Waals surface area contributed by atoms with Crippen molar-refractivity contribution >= 4 is 90.6 Å². The molecule has 224 valence electrons. The van der Waals surface area contributed by atoms with Gasteiger partial charge in [0.15, 0.2) is 15.6 Å². The van der Waals surface area contributed by atoms with Crippen molar-refractivity contribution in [1.82, 2.24) is 25.4 Å². The molecule has 1 fully saturated rings. The molecule has 3 N–H and O–H groups in total. The van der Waals surface area contributed by atoms with E-state index in [-0.39, 0.29) is 11.3 Å². The zero-order valence-electron chi connectivity index (χ0n) is 22.7. The molecule has 0 radical (unpaired) electrons. The number of nitrogens with zero attached hydrogens (tertiary/aromatic N) is 4. The second-order valence-corrected chi connectivity index (χ2v) is 14.0. The maximum Gasteiger partial charge on any atom is 0.356 e. The molecule has 2 aromatic carbocycles. The predicted molar refractivity (Wildman–Crippen MR) is 177 cm³/mol. The number of esters is 1. The van der Waals surface area contributed by atoms with E-state index in [9.17, 15) is 14.4 Å². The van der Waals surface area contributed by atoms with E-state index in [4.69, 9.17) is 10.5 Å². The summed E-state index contributed by atoms with van der Waals surface area (Å²) in [7, 11) is 0. The average Bonchev–Trinajstić information content (AvgIpc) is 3.74. The van der Waals surface area contributed by atoms with E-state index in [2.05, 4.69) is 36.4 Å². The molecular weight excluding hydrogens is 705 g/mol. The number of nitrogens with two attached hydrogens (primary N) is 1. The second-order valence-electron chi connectivity index (χ2n) is 9.51. The van der Waals surface area contributed by atoms with Gasteiger partial charge in [0.2, 0.25) is 0 Å². The summed E-state index contributed by atoms with van der Waals surface area (Å²) in [6, 6.07) is 18.1. The normalized spacial score (nSPS) is 18.2. The Morgan fingerprint density at radius 2 is 1.84 bits per heavy atom. The van der Waals surface area contributed by atoms with E-state index in [1.54, 1.807) is 10.9 Å². The van der Waals surface area contributed by atoms with Crippen LogP contribution in [0.5, 0.6) is 0 Å². The van der Waals surface area contributed by atoms with E-state index in [0.29, 0.717) is 22.3 Å². The van der Waals surface area contributed by atoms with Gasteiger partial charge < -0.3 is 15.8 Å². The third-order valence-corrected chi connectivity index (χ3v) is 11.2. The zero-order chi connectivity index (χ0) is 30.6. The van der Waals surface area contributed by atoms with Gasteiger partial charge >= 0.3 is 5.97 Å². The van der Waals surface area contributed by atoms with Gasteiger partial charge in [-0.3, -0.25) is 14.5 Å². The SMILES string of the molecule is Nc1nc(/C(=C\Br)C(=O)NC2C(=O)N3C(C(=O)OC(c4ccccc4)c4ccccc4)=C(CSc4nncs4)CS[C@H]23)cs1. The highest BCUT2D eigenvalue weighted by Gasteiger charge is 2.54. The molecule has 2 atom stereocenters. The lowest BCUT2D eigenvalue weighted by molar-refractivity contribution is -0.154. The number of halogens is 1.